The summed E-state index contributed by atoms with van der Waals surface area (Å²) in [6.45, 7) is 0. The lowest BCUT2D eigenvalue weighted by Crippen LogP contribution is -2.10. The van der Waals surface area contributed by atoms with Crippen molar-refractivity contribution in [3.8, 4) is 39.1 Å². The van der Waals surface area contributed by atoms with Crippen molar-refractivity contribution in [2.45, 2.75) is 0 Å². The summed E-state index contributed by atoms with van der Waals surface area (Å²) in [6.07, 6.45) is 0. The van der Waals surface area contributed by atoms with E-state index in [1.54, 1.807) is 0 Å². The molecule has 0 amide bonds. The third kappa shape index (κ3) is 6.16. The zero-order valence-electron chi connectivity index (χ0n) is 35.4. The molecule has 0 aliphatic rings. The molecule has 11 aromatic carbocycles. The van der Waals surface area contributed by atoms with E-state index in [2.05, 4.69) is 252 Å². The van der Waals surface area contributed by atoms with E-state index in [0.717, 1.165) is 11.4 Å². The second-order valence-corrected chi connectivity index (χ2v) is 17.9. The minimum atomic E-state index is 1.10. The average molecular weight is 845 g/mol. The van der Waals surface area contributed by atoms with Crippen LogP contribution in [0.25, 0.3) is 103 Å². The van der Waals surface area contributed by atoms with Gasteiger partial charge in [0.15, 0.2) is 0 Å². The molecule has 2 nitrogen and oxygen atoms in total. The number of hydrogen-bond acceptors (Lipinski definition) is 2. The van der Waals surface area contributed by atoms with Crippen LogP contribution in [-0.2, 0) is 0 Å². The van der Waals surface area contributed by atoms with Crippen LogP contribution in [0, 0.1) is 0 Å². The van der Waals surface area contributed by atoms with Crippen LogP contribution >= 0.6 is 11.3 Å². The Bertz CT molecular complexity index is 3900. The second-order valence-electron chi connectivity index (χ2n) is 16.8. The van der Waals surface area contributed by atoms with Gasteiger partial charge in [-0.1, -0.05) is 170 Å². The standard InChI is InChI=1S/C62H40N2S/c1-2-18-48-45(15-1)40-55(51-21-4-3-20-50(48)51)42-33-37-47(38-34-42)63(59-28-14-30-61-62(59)54-24-8-12-29-60(54)65-61)46-35-31-41(32-36-46)43-16-13-17-44(39-43)49-19-5-9-25-56(49)64-57-26-10-6-22-52(57)53-23-7-11-27-58(53)64/h1-40H. The molecule has 0 bridgehead atoms. The first-order chi connectivity index (χ1) is 32.2. The van der Waals surface area contributed by atoms with Crippen LogP contribution < -0.4 is 4.90 Å². The highest BCUT2D eigenvalue weighted by Gasteiger charge is 2.20. The van der Waals surface area contributed by atoms with Gasteiger partial charge in [0.1, 0.15) is 0 Å². The van der Waals surface area contributed by atoms with Gasteiger partial charge < -0.3 is 9.47 Å². The SMILES string of the molecule is c1cc(-c2ccc(N(c3ccc(-c4cc5ccccc5c5ccccc45)cc3)c3cccc4sc5ccccc5c34)cc2)cc(-c2ccccc2-n2c3ccccc3c3ccccc32)c1. The van der Waals surface area contributed by atoms with Gasteiger partial charge in [-0.3, -0.25) is 0 Å². The van der Waals surface area contributed by atoms with E-state index in [-0.39, 0.29) is 0 Å². The van der Waals surface area contributed by atoms with Gasteiger partial charge in [-0.05, 0) is 122 Å². The van der Waals surface area contributed by atoms with Crippen molar-refractivity contribution in [2.24, 2.45) is 0 Å². The molecule has 2 aromatic heterocycles. The fourth-order valence-electron chi connectivity index (χ4n) is 10.2. The minimum Gasteiger partial charge on any atom is -0.310 e. The highest BCUT2D eigenvalue weighted by molar-refractivity contribution is 7.26. The summed E-state index contributed by atoms with van der Waals surface area (Å²) in [5, 5.41) is 10.2. The lowest BCUT2D eigenvalue weighted by molar-refractivity contribution is 1.18. The maximum Gasteiger partial charge on any atom is 0.0554 e. The maximum absolute atomic E-state index is 2.44. The number of thiophene rings is 1. The molecule has 2 heterocycles. The minimum absolute atomic E-state index is 1.10. The van der Waals surface area contributed by atoms with Gasteiger partial charge in [0.05, 0.1) is 22.4 Å². The Morgan fingerprint density at radius 1 is 0.323 bits per heavy atom. The monoisotopic (exact) mass is 844 g/mol. The summed E-state index contributed by atoms with van der Waals surface area (Å²) < 4.78 is 5.00. The van der Waals surface area contributed by atoms with Crippen LogP contribution in [0.15, 0.2) is 243 Å². The molecule has 0 N–H and O–H groups in total. The van der Waals surface area contributed by atoms with Crippen LogP contribution in [0.4, 0.5) is 17.1 Å². The first-order valence-electron chi connectivity index (χ1n) is 22.2. The number of rotatable bonds is 7. The molecule has 0 aliphatic carbocycles. The van der Waals surface area contributed by atoms with Crippen LogP contribution in [-0.4, -0.2) is 4.57 Å². The Morgan fingerprint density at radius 2 is 0.877 bits per heavy atom. The quantitative estimate of drug-likeness (QED) is 0.145. The van der Waals surface area contributed by atoms with Crippen LogP contribution in [0.1, 0.15) is 0 Å². The largest absolute Gasteiger partial charge is 0.310 e. The molecular weight excluding hydrogens is 805 g/mol. The van der Waals surface area contributed by atoms with E-state index in [0.29, 0.717) is 0 Å². The van der Waals surface area contributed by atoms with E-state index in [1.165, 1.54) is 108 Å². The summed E-state index contributed by atoms with van der Waals surface area (Å²) in [7, 11) is 0. The van der Waals surface area contributed by atoms with Crippen molar-refractivity contribution in [3.05, 3.63) is 243 Å². The first-order valence-corrected chi connectivity index (χ1v) is 23.1. The molecule has 13 aromatic rings. The highest BCUT2D eigenvalue weighted by Crippen LogP contribution is 2.46. The molecule has 0 fully saturated rings. The topological polar surface area (TPSA) is 8.17 Å². The molecule has 0 aliphatic heterocycles. The van der Waals surface area contributed by atoms with Gasteiger partial charge in [-0.15, -0.1) is 11.3 Å². The van der Waals surface area contributed by atoms with E-state index in [9.17, 15) is 0 Å². The zero-order valence-corrected chi connectivity index (χ0v) is 36.2. The third-order valence-corrected chi connectivity index (χ3v) is 14.3. The lowest BCUT2D eigenvalue weighted by Gasteiger charge is -2.27. The van der Waals surface area contributed by atoms with E-state index >= 15 is 0 Å². The number of hydrogen-bond donors (Lipinski definition) is 0. The fraction of sp³-hybridized carbons (Fsp3) is 0. The normalized spacial score (nSPS) is 11.7. The Morgan fingerprint density at radius 3 is 1.63 bits per heavy atom. The molecule has 0 atom stereocenters. The summed E-state index contributed by atoms with van der Waals surface area (Å²) in [5.74, 6) is 0. The Labute approximate surface area is 381 Å². The smallest absolute Gasteiger partial charge is 0.0554 e. The Kier molecular flexibility index (Phi) is 8.75. The van der Waals surface area contributed by atoms with Crippen molar-refractivity contribution < 1.29 is 0 Å². The van der Waals surface area contributed by atoms with Crippen molar-refractivity contribution >= 4 is 91.9 Å². The molecule has 0 saturated heterocycles. The predicted molar refractivity (Wildman–Crippen MR) is 280 cm³/mol. The summed E-state index contributed by atoms with van der Waals surface area (Å²) in [4.78, 5) is 2.44. The predicted octanol–water partition coefficient (Wildman–Crippen LogP) is 17.9. The van der Waals surface area contributed by atoms with E-state index in [4.69, 9.17) is 0 Å². The van der Waals surface area contributed by atoms with Gasteiger partial charge in [-0.25, -0.2) is 0 Å². The first kappa shape index (κ1) is 37.3. The Hall–Kier alpha value is -8.24. The fourth-order valence-corrected chi connectivity index (χ4v) is 11.3. The van der Waals surface area contributed by atoms with Crippen LogP contribution in [0.3, 0.4) is 0 Å². The molecule has 13 rings (SSSR count). The number of fused-ring (bicyclic) bond motifs is 9. The maximum atomic E-state index is 2.44. The molecule has 3 heteroatoms. The third-order valence-electron chi connectivity index (χ3n) is 13.2. The molecule has 0 spiro atoms. The summed E-state index contributed by atoms with van der Waals surface area (Å²) in [5.41, 5.74) is 14.1. The van der Waals surface area contributed by atoms with Crippen molar-refractivity contribution in [3.63, 3.8) is 0 Å². The number of benzene rings is 11. The number of aromatic nitrogens is 1. The van der Waals surface area contributed by atoms with Gasteiger partial charge in [0.25, 0.3) is 0 Å². The van der Waals surface area contributed by atoms with Crippen molar-refractivity contribution in [1.29, 1.82) is 0 Å². The van der Waals surface area contributed by atoms with Gasteiger partial charge in [-0.2, -0.15) is 0 Å². The molecular formula is C62H40N2S. The lowest BCUT2D eigenvalue weighted by atomic mass is 9.93. The molecule has 65 heavy (non-hydrogen) atoms. The molecule has 0 unspecified atom stereocenters. The van der Waals surface area contributed by atoms with Gasteiger partial charge >= 0.3 is 0 Å². The summed E-state index contributed by atoms with van der Waals surface area (Å²) in [6, 6.07) is 88.9. The zero-order chi connectivity index (χ0) is 42.8. The van der Waals surface area contributed by atoms with E-state index < -0.39 is 0 Å². The summed E-state index contributed by atoms with van der Waals surface area (Å²) >= 11 is 1.86. The Balaban J connectivity index is 0.916. The van der Waals surface area contributed by atoms with E-state index in [1.807, 2.05) is 11.3 Å². The molecule has 304 valence electrons. The van der Waals surface area contributed by atoms with Gasteiger partial charge in [0.2, 0.25) is 0 Å². The highest BCUT2D eigenvalue weighted by atomic mass is 32.1. The number of para-hydroxylation sites is 3. The van der Waals surface area contributed by atoms with Gasteiger partial charge in [0, 0.05) is 47.9 Å². The second kappa shape index (κ2) is 15.2. The van der Waals surface area contributed by atoms with Crippen molar-refractivity contribution in [1.82, 2.24) is 4.57 Å². The average Bonchev–Trinajstić information content (AvgIpc) is 3.93. The molecule has 0 saturated carbocycles. The molecule has 0 radical (unpaired) electrons. The number of anilines is 3. The number of nitrogens with zero attached hydrogens (tertiary/aromatic N) is 2. The van der Waals surface area contributed by atoms with Crippen LogP contribution in [0.2, 0.25) is 0 Å². The van der Waals surface area contributed by atoms with Crippen LogP contribution in [0.5, 0.6) is 0 Å². The van der Waals surface area contributed by atoms with Crippen molar-refractivity contribution in [2.75, 3.05) is 4.90 Å².